The van der Waals surface area contributed by atoms with Gasteiger partial charge in [-0.1, -0.05) is 32.6 Å². The Balaban J connectivity index is 3.18. The van der Waals surface area contributed by atoms with Crippen LogP contribution in [0.3, 0.4) is 0 Å². The molecule has 0 aliphatic carbocycles. The summed E-state index contributed by atoms with van der Waals surface area (Å²) in [5.41, 5.74) is 10.2. The van der Waals surface area contributed by atoms with Crippen LogP contribution in [0, 0.1) is 5.92 Å². The molecule has 88 valence electrons. The molecule has 15 heavy (non-hydrogen) atoms. The fourth-order valence-corrected chi connectivity index (χ4v) is 1.42. The Bertz CT molecular complexity index is 205. The first-order valence-corrected chi connectivity index (χ1v) is 5.61. The number of primary amides is 2. The van der Waals surface area contributed by atoms with Crippen molar-refractivity contribution in [1.82, 2.24) is 0 Å². The van der Waals surface area contributed by atoms with Gasteiger partial charge in [-0.25, -0.2) is 0 Å². The van der Waals surface area contributed by atoms with Gasteiger partial charge in [-0.3, -0.25) is 9.59 Å². The van der Waals surface area contributed by atoms with E-state index in [-0.39, 0.29) is 17.7 Å². The van der Waals surface area contributed by atoms with Crippen molar-refractivity contribution in [3.8, 4) is 0 Å². The van der Waals surface area contributed by atoms with E-state index in [0.717, 1.165) is 38.5 Å². The maximum atomic E-state index is 10.7. The largest absolute Gasteiger partial charge is 0.370 e. The molecule has 0 saturated carbocycles. The van der Waals surface area contributed by atoms with Crippen LogP contribution in [0.5, 0.6) is 0 Å². The molecule has 0 aromatic carbocycles. The number of rotatable bonds is 9. The fourth-order valence-electron chi connectivity index (χ4n) is 1.42. The summed E-state index contributed by atoms with van der Waals surface area (Å²) in [4.78, 5) is 21.1. The van der Waals surface area contributed by atoms with Crippen LogP contribution in [-0.4, -0.2) is 11.8 Å². The maximum Gasteiger partial charge on any atom is 0.220 e. The van der Waals surface area contributed by atoms with Gasteiger partial charge in [0.25, 0.3) is 0 Å². The summed E-state index contributed by atoms with van der Waals surface area (Å²) in [6.45, 7) is 1.86. The molecule has 0 aliphatic rings. The highest BCUT2D eigenvalue weighted by Crippen LogP contribution is 2.11. The van der Waals surface area contributed by atoms with Crippen LogP contribution in [0.15, 0.2) is 0 Å². The highest BCUT2D eigenvalue weighted by molar-refractivity contribution is 5.76. The van der Waals surface area contributed by atoms with Gasteiger partial charge in [-0.2, -0.15) is 0 Å². The number of carbonyl (C=O) groups is 2. The van der Waals surface area contributed by atoms with E-state index in [0.29, 0.717) is 6.42 Å². The summed E-state index contributed by atoms with van der Waals surface area (Å²) in [6.07, 6.45) is 6.48. The van der Waals surface area contributed by atoms with Crippen molar-refractivity contribution >= 4 is 11.8 Å². The van der Waals surface area contributed by atoms with Crippen LogP contribution in [0.25, 0.3) is 0 Å². The highest BCUT2D eigenvalue weighted by atomic mass is 16.1. The molecule has 0 rings (SSSR count). The van der Waals surface area contributed by atoms with E-state index in [9.17, 15) is 9.59 Å². The molecule has 0 saturated heterocycles. The molecular formula is C11H22N2O2. The van der Waals surface area contributed by atoms with Crippen molar-refractivity contribution in [3.63, 3.8) is 0 Å². The van der Waals surface area contributed by atoms with Gasteiger partial charge in [-0.05, 0) is 12.8 Å². The van der Waals surface area contributed by atoms with Crippen LogP contribution >= 0.6 is 0 Å². The molecule has 0 radical (unpaired) electrons. The molecule has 1 unspecified atom stereocenters. The zero-order valence-electron chi connectivity index (χ0n) is 9.50. The predicted octanol–water partition coefficient (Wildman–Crippen LogP) is 1.32. The smallest absolute Gasteiger partial charge is 0.220 e. The number of hydrogen-bond acceptors (Lipinski definition) is 2. The molecule has 1 atom stereocenters. The summed E-state index contributed by atoms with van der Waals surface area (Å²) in [5, 5.41) is 0. The molecule has 0 bridgehead atoms. The average Bonchev–Trinajstić information content (AvgIpc) is 2.15. The van der Waals surface area contributed by atoms with E-state index in [2.05, 4.69) is 0 Å². The van der Waals surface area contributed by atoms with E-state index < -0.39 is 0 Å². The van der Waals surface area contributed by atoms with Gasteiger partial charge in [-0.15, -0.1) is 0 Å². The van der Waals surface area contributed by atoms with Crippen LogP contribution in [0.1, 0.15) is 51.9 Å². The molecule has 0 fully saturated rings. The molecule has 4 heteroatoms. The Kier molecular flexibility index (Phi) is 7.68. The van der Waals surface area contributed by atoms with E-state index in [4.69, 9.17) is 11.5 Å². The second kappa shape index (κ2) is 8.26. The van der Waals surface area contributed by atoms with E-state index >= 15 is 0 Å². The minimum absolute atomic E-state index is 0.0179. The quantitative estimate of drug-likeness (QED) is 0.567. The summed E-state index contributed by atoms with van der Waals surface area (Å²) >= 11 is 0. The average molecular weight is 214 g/mol. The van der Waals surface area contributed by atoms with E-state index in [1.807, 2.05) is 6.92 Å². The molecule has 2 amide bonds. The van der Waals surface area contributed by atoms with Crippen LogP contribution in [-0.2, 0) is 9.59 Å². The standard InChI is InChI=1S/C11H22N2O2/c1-9(11(13)15)7-5-3-2-4-6-8-10(12)14/h9H,2-8H2,1H3,(H2,12,14)(H2,13,15). The second-order valence-electron chi connectivity index (χ2n) is 4.08. The maximum absolute atomic E-state index is 10.7. The minimum Gasteiger partial charge on any atom is -0.370 e. The molecule has 0 aliphatic heterocycles. The Morgan fingerprint density at radius 2 is 1.53 bits per heavy atom. The summed E-state index contributed by atoms with van der Waals surface area (Å²) in [5.74, 6) is -0.461. The van der Waals surface area contributed by atoms with Gasteiger partial charge in [0.15, 0.2) is 0 Å². The molecule has 0 aromatic rings. The molecular weight excluding hydrogens is 192 g/mol. The van der Waals surface area contributed by atoms with Gasteiger partial charge in [0, 0.05) is 12.3 Å². The first kappa shape index (κ1) is 13.9. The Labute approximate surface area is 91.4 Å². The van der Waals surface area contributed by atoms with Crippen molar-refractivity contribution in [2.75, 3.05) is 0 Å². The number of hydrogen-bond donors (Lipinski definition) is 2. The molecule has 0 aromatic heterocycles. The van der Waals surface area contributed by atoms with Gasteiger partial charge in [0.2, 0.25) is 11.8 Å². The highest BCUT2D eigenvalue weighted by Gasteiger charge is 2.07. The Morgan fingerprint density at radius 1 is 1.00 bits per heavy atom. The van der Waals surface area contributed by atoms with Crippen molar-refractivity contribution in [1.29, 1.82) is 0 Å². The van der Waals surface area contributed by atoms with Crippen molar-refractivity contribution < 1.29 is 9.59 Å². The monoisotopic (exact) mass is 214 g/mol. The Hall–Kier alpha value is -1.06. The third-order valence-corrected chi connectivity index (χ3v) is 2.55. The lowest BCUT2D eigenvalue weighted by Gasteiger charge is -2.06. The lowest BCUT2D eigenvalue weighted by atomic mass is 10.0. The fraction of sp³-hybridized carbons (Fsp3) is 0.818. The topological polar surface area (TPSA) is 86.2 Å². The summed E-state index contributed by atoms with van der Waals surface area (Å²) in [6, 6.07) is 0. The number of amides is 2. The number of carbonyl (C=O) groups excluding carboxylic acids is 2. The summed E-state index contributed by atoms with van der Waals surface area (Å²) in [7, 11) is 0. The van der Waals surface area contributed by atoms with Crippen LogP contribution in [0.4, 0.5) is 0 Å². The van der Waals surface area contributed by atoms with E-state index in [1.165, 1.54) is 0 Å². The lowest BCUT2D eigenvalue weighted by Crippen LogP contribution is -2.20. The van der Waals surface area contributed by atoms with Crippen LogP contribution < -0.4 is 11.5 Å². The minimum atomic E-state index is -0.225. The third-order valence-electron chi connectivity index (χ3n) is 2.55. The zero-order valence-corrected chi connectivity index (χ0v) is 9.50. The van der Waals surface area contributed by atoms with Gasteiger partial charge in [0.1, 0.15) is 0 Å². The summed E-state index contributed by atoms with van der Waals surface area (Å²) < 4.78 is 0. The second-order valence-corrected chi connectivity index (χ2v) is 4.08. The first-order chi connectivity index (χ1) is 7.04. The van der Waals surface area contributed by atoms with Gasteiger partial charge in [0.05, 0.1) is 0 Å². The molecule has 0 heterocycles. The number of unbranched alkanes of at least 4 members (excludes halogenated alkanes) is 4. The van der Waals surface area contributed by atoms with Crippen molar-refractivity contribution in [2.45, 2.75) is 51.9 Å². The lowest BCUT2D eigenvalue weighted by molar-refractivity contribution is -0.121. The predicted molar refractivity (Wildman–Crippen MR) is 59.9 cm³/mol. The normalized spacial score (nSPS) is 12.3. The zero-order chi connectivity index (χ0) is 11.7. The molecule has 0 spiro atoms. The Morgan fingerprint density at radius 3 is 2.07 bits per heavy atom. The molecule has 4 nitrogen and oxygen atoms in total. The van der Waals surface area contributed by atoms with Crippen LogP contribution in [0.2, 0.25) is 0 Å². The third kappa shape index (κ3) is 9.25. The first-order valence-electron chi connectivity index (χ1n) is 5.61. The van der Waals surface area contributed by atoms with Crippen molar-refractivity contribution in [3.05, 3.63) is 0 Å². The van der Waals surface area contributed by atoms with Gasteiger partial charge >= 0.3 is 0 Å². The van der Waals surface area contributed by atoms with Crippen molar-refractivity contribution in [2.24, 2.45) is 17.4 Å². The van der Waals surface area contributed by atoms with E-state index in [1.54, 1.807) is 0 Å². The SMILES string of the molecule is CC(CCCCCCCC(N)=O)C(N)=O. The number of nitrogens with two attached hydrogens (primary N) is 2. The molecule has 4 N–H and O–H groups in total. The van der Waals surface area contributed by atoms with Gasteiger partial charge < -0.3 is 11.5 Å².